The van der Waals surface area contributed by atoms with E-state index < -0.39 is 12.6 Å². The van der Waals surface area contributed by atoms with Gasteiger partial charge in [-0.05, 0) is 19.3 Å². The van der Waals surface area contributed by atoms with Crippen LogP contribution in [0.4, 0.5) is 13.2 Å². The normalized spacial score (nSPS) is 11.5. The number of halogens is 3. The maximum absolute atomic E-state index is 11.8. The summed E-state index contributed by atoms with van der Waals surface area (Å²) in [6.45, 7) is 1.84. The smallest absolute Gasteiger partial charge is 0.299 e. The number of hydrogen-bond acceptors (Lipinski definition) is 2. The van der Waals surface area contributed by atoms with Crippen molar-refractivity contribution in [2.24, 2.45) is 0 Å². The number of Topliss-reactive ketones (excluding diaryl/α,β-unsaturated/α-hetero) is 2. The Kier molecular flexibility index (Phi) is 7.01. The third-order valence-corrected chi connectivity index (χ3v) is 2.09. The number of carbonyl (C=O) groups excluding carboxylic acids is 2. The SMILES string of the molecule is CCCC(=O)CC(=O)CCCCC(F)(F)F. The molecule has 0 bridgehead atoms. The zero-order valence-electron chi connectivity index (χ0n) is 9.40. The van der Waals surface area contributed by atoms with Crippen molar-refractivity contribution < 1.29 is 22.8 Å². The van der Waals surface area contributed by atoms with Gasteiger partial charge in [-0.15, -0.1) is 0 Å². The van der Waals surface area contributed by atoms with E-state index in [4.69, 9.17) is 0 Å². The van der Waals surface area contributed by atoms with E-state index in [0.29, 0.717) is 12.8 Å². The van der Waals surface area contributed by atoms with Gasteiger partial charge in [-0.1, -0.05) is 6.92 Å². The number of alkyl halides is 3. The first-order valence-electron chi connectivity index (χ1n) is 5.45. The second kappa shape index (κ2) is 7.41. The van der Waals surface area contributed by atoms with E-state index >= 15 is 0 Å². The lowest BCUT2D eigenvalue weighted by Crippen LogP contribution is -2.09. The highest BCUT2D eigenvalue weighted by Crippen LogP contribution is 2.22. The molecule has 5 heteroatoms. The lowest BCUT2D eigenvalue weighted by atomic mass is 10.1. The number of unbranched alkanes of at least 4 members (excludes halogenated alkanes) is 1. The first kappa shape index (κ1) is 15.1. The molecule has 0 N–H and O–H groups in total. The summed E-state index contributed by atoms with van der Waals surface area (Å²) in [6.07, 6.45) is -3.83. The van der Waals surface area contributed by atoms with Crippen LogP contribution in [0.25, 0.3) is 0 Å². The minimum Gasteiger partial charge on any atom is -0.299 e. The van der Waals surface area contributed by atoms with Gasteiger partial charge in [0.1, 0.15) is 11.6 Å². The van der Waals surface area contributed by atoms with Gasteiger partial charge in [-0.2, -0.15) is 13.2 Å². The standard InChI is InChI=1S/C11H17F3O2/c1-2-5-9(15)8-10(16)6-3-4-7-11(12,13)14/h2-8H2,1H3. The molecule has 0 aliphatic carbocycles. The molecule has 0 aromatic heterocycles. The van der Waals surface area contributed by atoms with Gasteiger partial charge in [0.05, 0.1) is 6.42 Å². The fourth-order valence-electron chi connectivity index (χ4n) is 1.32. The molecular formula is C11H17F3O2. The van der Waals surface area contributed by atoms with Crippen LogP contribution >= 0.6 is 0 Å². The molecule has 0 aromatic carbocycles. The molecule has 0 radical (unpaired) electrons. The van der Waals surface area contributed by atoms with Crippen LogP contribution in [0, 0.1) is 0 Å². The Hall–Kier alpha value is -0.870. The van der Waals surface area contributed by atoms with E-state index in [9.17, 15) is 22.8 Å². The van der Waals surface area contributed by atoms with Gasteiger partial charge < -0.3 is 0 Å². The van der Waals surface area contributed by atoms with Crippen LogP contribution in [0.2, 0.25) is 0 Å². The predicted octanol–water partition coefficient (Wildman–Crippen LogP) is 3.44. The van der Waals surface area contributed by atoms with Crippen LogP contribution in [0.3, 0.4) is 0 Å². The van der Waals surface area contributed by atoms with Crippen LogP contribution in [0.1, 0.15) is 51.9 Å². The number of carbonyl (C=O) groups is 2. The van der Waals surface area contributed by atoms with Crippen molar-refractivity contribution in [3.05, 3.63) is 0 Å². The molecule has 0 heterocycles. The minimum absolute atomic E-state index is 0.0444. The van der Waals surface area contributed by atoms with E-state index in [1.165, 1.54) is 0 Å². The van der Waals surface area contributed by atoms with Crippen molar-refractivity contribution in [2.45, 2.75) is 58.0 Å². The lowest BCUT2D eigenvalue weighted by molar-refractivity contribution is -0.137. The van der Waals surface area contributed by atoms with Crippen molar-refractivity contribution in [3.63, 3.8) is 0 Å². The maximum Gasteiger partial charge on any atom is 0.389 e. The van der Waals surface area contributed by atoms with Crippen LogP contribution in [-0.2, 0) is 9.59 Å². The molecule has 0 aliphatic rings. The van der Waals surface area contributed by atoms with Crippen LogP contribution in [0.15, 0.2) is 0 Å². The van der Waals surface area contributed by atoms with E-state index in [-0.39, 0.29) is 37.2 Å². The summed E-state index contributed by atoms with van der Waals surface area (Å²) < 4.78 is 35.3. The van der Waals surface area contributed by atoms with Crippen LogP contribution in [-0.4, -0.2) is 17.7 Å². The zero-order valence-corrected chi connectivity index (χ0v) is 9.40. The maximum atomic E-state index is 11.8. The summed E-state index contributed by atoms with van der Waals surface area (Å²) in [5.41, 5.74) is 0. The highest BCUT2D eigenvalue weighted by Gasteiger charge is 2.25. The second-order valence-electron chi connectivity index (χ2n) is 3.83. The summed E-state index contributed by atoms with van der Waals surface area (Å²) in [7, 11) is 0. The molecular weight excluding hydrogens is 221 g/mol. The van der Waals surface area contributed by atoms with Crippen molar-refractivity contribution in [2.75, 3.05) is 0 Å². The Morgan fingerprint density at radius 2 is 1.56 bits per heavy atom. The molecule has 0 atom stereocenters. The third-order valence-electron chi connectivity index (χ3n) is 2.09. The van der Waals surface area contributed by atoms with Gasteiger partial charge >= 0.3 is 6.18 Å². The quantitative estimate of drug-likeness (QED) is 0.479. The highest BCUT2D eigenvalue weighted by molar-refractivity contribution is 5.98. The molecule has 16 heavy (non-hydrogen) atoms. The lowest BCUT2D eigenvalue weighted by Gasteiger charge is -2.05. The summed E-state index contributed by atoms with van der Waals surface area (Å²) >= 11 is 0. The molecule has 94 valence electrons. The molecule has 0 spiro atoms. The van der Waals surface area contributed by atoms with E-state index in [1.54, 1.807) is 0 Å². The monoisotopic (exact) mass is 238 g/mol. The Morgan fingerprint density at radius 1 is 1.00 bits per heavy atom. The van der Waals surface area contributed by atoms with Gasteiger partial charge in [-0.3, -0.25) is 9.59 Å². The van der Waals surface area contributed by atoms with Gasteiger partial charge in [0, 0.05) is 19.3 Å². The van der Waals surface area contributed by atoms with E-state index in [1.807, 2.05) is 6.92 Å². The Bertz CT molecular complexity index is 234. The van der Waals surface area contributed by atoms with Gasteiger partial charge in [-0.25, -0.2) is 0 Å². The Balaban J connectivity index is 3.55. The van der Waals surface area contributed by atoms with Crippen molar-refractivity contribution in [1.29, 1.82) is 0 Å². The summed E-state index contributed by atoms with van der Waals surface area (Å²) in [6, 6.07) is 0. The molecule has 0 fully saturated rings. The number of ketones is 2. The average Bonchev–Trinajstić information content (AvgIpc) is 2.11. The van der Waals surface area contributed by atoms with Crippen LogP contribution < -0.4 is 0 Å². The average molecular weight is 238 g/mol. The highest BCUT2D eigenvalue weighted by atomic mass is 19.4. The molecule has 0 aliphatic heterocycles. The van der Waals surface area contributed by atoms with Crippen molar-refractivity contribution in [3.8, 4) is 0 Å². The van der Waals surface area contributed by atoms with Gasteiger partial charge in [0.25, 0.3) is 0 Å². The first-order chi connectivity index (χ1) is 7.35. The molecule has 0 unspecified atom stereocenters. The predicted molar refractivity (Wildman–Crippen MR) is 54.1 cm³/mol. The molecule has 2 nitrogen and oxygen atoms in total. The van der Waals surface area contributed by atoms with E-state index in [2.05, 4.69) is 0 Å². The van der Waals surface area contributed by atoms with E-state index in [0.717, 1.165) is 0 Å². The van der Waals surface area contributed by atoms with Gasteiger partial charge in [0.2, 0.25) is 0 Å². The van der Waals surface area contributed by atoms with Crippen molar-refractivity contribution in [1.82, 2.24) is 0 Å². The van der Waals surface area contributed by atoms with Crippen molar-refractivity contribution >= 4 is 11.6 Å². The molecule has 0 aromatic rings. The molecule has 0 saturated heterocycles. The fourth-order valence-corrected chi connectivity index (χ4v) is 1.32. The Morgan fingerprint density at radius 3 is 2.06 bits per heavy atom. The summed E-state index contributed by atoms with van der Waals surface area (Å²) in [5, 5.41) is 0. The topological polar surface area (TPSA) is 34.1 Å². The molecule has 0 saturated carbocycles. The second-order valence-corrected chi connectivity index (χ2v) is 3.83. The van der Waals surface area contributed by atoms with Crippen LogP contribution in [0.5, 0.6) is 0 Å². The third kappa shape index (κ3) is 9.68. The fraction of sp³-hybridized carbons (Fsp3) is 0.818. The summed E-state index contributed by atoms with van der Waals surface area (Å²) in [4.78, 5) is 22.2. The zero-order chi connectivity index (χ0) is 12.6. The molecule has 0 rings (SSSR count). The van der Waals surface area contributed by atoms with Gasteiger partial charge in [0.15, 0.2) is 0 Å². The largest absolute Gasteiger partial charge is 0.389 e. The first-order valence-corrected chi connectivity index (χ1v) is 5.45. The number of rotatable bonds is 8. The molecule has 0 amide bonds. The summed E-state index contributed by atoms with van der Waals surface area (Å²) in [5.74, 6) is -0.371. The number of hydrogen-bond donors (Lipinski definition) is 0. The Labute approximate surface area is 93.2 Å². The minimum atomic E-state index is -4.15.